The molecule has 1 amide bonds. The lowest BCUT2D eigenvalue weighted by Gasteiger charge is -2.14. The Labute approximate surface area is 151 Å². The van der Waals surface area contributed by atoms with Gasteiger partial charge < -0.3 is 5.32 Å². The molecule has 0 aliphatic rings. The molecule has 0 bridgehead atoms. The van der Waals surface area contributed by atoms with Crippen molar-refractivity contribution in [2.45, 2.75) is 33.6 Å². The Balaban J connectivity index is 1.93. The van der Waals surface area contributed by atoms with Gasteiger partial charge in [-0.1, -0.05) is 13.8 Å². The number of rotatable bonds is 5. The van der Waals surface area contributed by atoms with Crippen molar-refractivity contribution in [2.75, 3.05) is 5.32 Å². The van der Waals surface area contributed by atoms with Gasteiger partial charge in [0.15, 0.2) is 5.65 Å². The molecule has 0 aliphatic heterocycles. The Bertz CT molecular complexity index is 989. The summed E-state index contributed by atoms with van der Waals surface area (Å²) in [6.07, 6.45) is 3.24. The maximum atomic E-state index is 12.8. The first-order valence-corrected chi connectivity index (χ1v) is 8.80. The highest BCUT2D eigenvalue weighted by atomic mass is 16.2. The Morgan fingerprint density at radius 3 is 2.50 bits per heavy atom. The molecule has 0 radical (unpaired) electrons. The van der Waals surface area contributed by atoms with Gasteiger partial charge in [-0.3, -0.25) is 14.2 Å². The number of benzene rings is 1. The molecule has 0 fully saturated rings. The number of carbonyl (C=O) groups is 1. The summed E-state index contributed by atoms with van der Waals surface area (Å²) in [5, 5.41) is 3.41. The average Bonchev–Trinajstić information content (AvgIpc) is 2.64. The molecule has 0 atom stereocenters. The third kappa shape index (κ3) is 3.35. The molecule has 134 valence electrons. The Morgan fingerprint density at radius 1 is 1.15 bits per heavy atom. The fourth-order valence-electron chi connectivity index (χ4n) is 3.03. The fourth-order valence-corrected chi connectivity index (χ4v) is 3.03. The van der Waals surface area contributed by atoms with Gasteiger partial charge in [0.05, 0.1) is 11.1 Å². The average molecular weight is 350 g/mol. The zero-order valence-electron chi connectivity index (χ0n) is 15.2. The number of aryl methyl sites for hydroxylation is 1. The summed E-state index contributed by atoms with van der Waals surface area (Å²) >= 11 is 0. The van der Waals surface area contributed by atoms with Crippen LogP contribution in [0, 0.1) is 12.8 Å². The molecular formula is C20H22N4O2. The number of hydrogen-bond acceptors (Lipinski definition) is 4. The third-order valence-corrected chi connectivity index (χ3v) is 4.56. The van der Waals surface area contributed by atoms with Gasteiger partial charge in [0.2, 0.25) is 5.91 Å². The fraction of sp³-hybridized carbons (Fsp3) is 0.300. The Hall–Kier alpha value is -3.02. The van der Waals surface area contributed by atoms with Gasteiger partial charge in [-0.2, -0.15) is 0 Å². The lowest BCUT2D eigenvalue weighted by Crippen LogP contribution is -2.23. The molecule has 3 rings (SSSR count). The zero-order valence-corrected chi connectivity index (χ0v) is 15.2. The van der Waals surface area contributed by atoms with Crippen molar-refractivity contribution < 1.29 is 4.79 Å². The van der Waals surface area contributed by atoms with Crippen molar-refractivity contribution in [1.29, 1.82) is 0 Å². The van der Waals surface area contributed by atoms with Gasteiger partial charge in [-0.05, 0) is 56.2 Å². The molecule has 26 heavy (non-hydrogen) atoms. The van der Waals surface area contributed by atoms with Crippen LogP contribution < -0.4 is 10.9 Å². The smallest absolute Gasteiger partial charge is 0.267 e. The quantitative estimate of drug-likeness (QED) is 0.764. The van der Waals surface area contributed by atoms with E-state index in [1.165, 1.54) is 0 Å². The summed E-state index contributed by atoms with van der Waals surface area (Å²) < 4.78 is 1.55. The van der Waals surface area contributed by atoms with Gasteiger partial charge >= 0.3 is 0 Å². The molecule has 0 saturated carbocycles. The number of anilines is 1. The van der Waals surface area contributed by atoms with Crippen LogP contribution in [0.1, 0.15) is 32.5 Å². The molecule has 3 aromatic rings. The molecule has 1 aromatic carbocycles. The minimum Gasteiger partial charge on any atom is -0.326 e. The Kier molecular flexibility index (Phi) is 5.11. The number of pyridine rings is 1. The first-order chi connectivity index (χ1) is 12.5. The first-order valence-electron chi connectivity index (χ1n) is 8.80. The second-order valence-corrected chi connectivity index (χ2v) is 6.22. The summed E-state index contributed by atoms with van der Waals surface area (Å²) in [5.41, 5.74) is 1.70. The molecule has 6 heteroatoms. The molecule has 2 aromatic heterocycles. The maximum absolute atomic E-state index is 12.8. The zero-order chi connectivity index (χ0) is 18.7. The molecule has 1 N–H and O–H groups in total. The number of amides is 1. The number of aromatic nitrogens is 3. The molecule has 0 aliphatic carbocycles. The summed E-state index contributed by atoms with van der Waals surface area (Å²) in [6, 6.07) is 10.7. The van der Waals surface area contributed by atoms with Crippen LogP contribution in [0.15, 0.2) is 47.4 Å². The second kappa shape index (κ2) is 7.47. The van der Waals surface area contributed by atoms with E-state index < -0.39 is 0 Å². The summed E-state index contributed by atoms with van der Waals surface area (Å²) in [4.78, 5) is 33.5. The minimum absolute atomic E-state index is 0.0109. The highest BCUT2D eigenvalue weighted by Gasteiger charge is 2.14. The van der Waals surface area contributed by atoms with Gasteiger partial charge in [-0.15, -0.1) is 0 Å². The summed E-state index contributed by atoms with van der Waals surface area (Å²) in [5.74, 6) is 0.598. The lowest BCUT2D eigenvalue weighted by atomic mass is 10.0. The number of hydrogen-bond donors (Lipinski definition) is 1. The monoisotopic (exact) mass is 350 g/mol. The highest BCUT2D eigenvalue weighted by Crippen LogP contribution is 2.17. The second-order valence-electron chi connectivity index (χ2n) is 6.22. The molecule has 0 unspecified atom stereocenters. The third-order valence-electron chi connectivity index (χ3n) is 4.56. The van der Waals surface area contributed by atoms with Crippen LogP contribution in [-0.2, 0) is 4.79 Å². The van der Waals surface area contributed by atoms with E-state index >= 15 is 0 Å². The summed E-state index contributed by atoms with van der Waals surface area (Å²) in [6.45, 7) is 5.79. The Morgan fingerprint density at radius 2 is 1.85 bits per heavy atom. The van der Waals surface area contributed by atoms with Gasteiger partial charge in [-0.25, -0.2) is 9.97 Å². The molecule has 0 saturated heterocycles. The SMILES string of the molecule is CCC(CC)C(=O)Nc1ccc(-n2c(C)nc3ncccc3c2=O)cc1. The van der Waals surface area contributed by atoms with Crippen LogP contribution in [0.3, 0.4) is 0 Å². The van der Waals surface area contributed by atoms with E-state index in [0.717, 1.165) is 12.8 Å². The van der Waals surface area contributed by atoms with Gasteiger partial charge in [0.25, 0.3) is 5.56 Å². The number of nitrogens with zero attached hydrogens (tertiary/aromatic N) is 3. The molecule has 6 nitrogen and oxygen atoms in total. The largest absolute Gasteiger partial charge is 0.326 e. The molecular weight excluding hydrogens is 328 g/mol. The van der Waals surface area contributed by atoms with Crippen molar-refractivity contribution >= 4 is 22.6 Å². The molecule has 0 spiro atoms. The summed E-state index contributed by atoms with van der Waals surface area (Å²) in [7, 11) is 0. The van der Waals surface area contributed by atoms with Crippen molar-refractivity contribution in [1.82, 2.24) is 14.5 Å². The van der Waals surface area contributed by atoms with Crippen LogP contribution in [0.5, 0.6) is 0 Å². The van der Waals surface area contributed by atoms with E-state index in [-0.39, 0.29) is 17.4 Å². The first kappa shape index (κ1) is 17.8. The van der Waals surface area contributed by atoms with E-state index in [4.69, 9.17) is 0 Å². The van der Waals surface area contributed by atoms with E-state index in [0.29, 0.717) is 28.2 Å². The number of nitrogens with one attached hydrogen (secondary N) is 1. The number of fused-ring (bicyclic) bond motifs is 1. The van der Waals surface area contributed by atoms with E-state index in [1.54, 1.807) is 54.1 Å². The van der Waals surface area contributed by atoms with E-state index in [2.05, 4.69) is 15.3 Å². The lowest BCUT2D eigenvalue weighted by molar-refractivity contribution is -0.120. The minimum atomic E-state index is -0.158. The van der Waals surface area contributed by atoms with Crippen LogP contribution in [0.4, 0.5) is 5.69 Å². The maximum Gasteiger partial charge on any atom is 0.267 e. The standard InChI is InChI=1S/C20H22N4O2/c1-4-14(5-2)19(25)23-15-8-10-16(11-9-15)24-13(3)22-18-17(20(24)26)7-6-12-21-18/h6-12,14H,4-5H2,1-3H3,(H,23,25). The van der Waals surface area contributed by atoms with Crippen molar-refractivity contribution in [3.63, 3.8) is 0 Å². The van der Waals surface area contributed by atoms with Crippen LogP contribution in [0.2, 0.25) is 0 Å². The predicted molar refractivity (Wildman–Crippen MR) is 103 cm³/mol. The topological polar surface area (TPSA) is 76.9 Å². The van der Waals surface area contributed by atoms with Crippen molar-refractivity contribution in [3.05, 3.63) is 58.8 Å². The van der Waals surface area contributed by atoms with Gasteiger partial charge in [0.1, 0.15) is 5.82 Å². The van der Waals surface area contributed by atoms with E-state index in [1.807, 2.05) is 13.8 Å². The van der Waals surface area contributed by atoms with E-state index in [9.17, 15) is 9.59 Å². The predicted octanol–water partition coefficient (Wildman–Crippen LogP) is 3.46. The van der Waals surface area contributed by atoms with Crippen LogP contribution in [0.25, 0.3) is 16.7 Å². The van der Waals surface area contributed by atoms with Crippen LogP contribution >= 0.6 is 0 Å². The van der Waals surface area contributed by atoms with Crippen LogP contribution in [-0.4, -0.2) is 20.4 Å². The number of carbonyl (C=O) groups excluding carboxylic acids is 1. The normalized spacial score (nSPS) is 11.1. The van der Waals surface area contributed by atoms with Crippen molar-refractivity contribution in [2.24, 2.45) is 5.92 Å². The molecule has 2 heterocycles. The van der Waals surface area contributed by atoms with Gasteiger partial charge in [0, 0.05) is 17.8 Å². The van der Waals surface area contributed by atoms with Crippen molar-refractivity contribution in [3.8, 4) is 5.69 Å². The highest BCUT2D eigenvalue weighted by molar-refractivity contribution is 5.92.